The van der Waals surface area contributed by atoms with Crippen LogP contribution in [0.4, 0.5) is 5.69 Å². The molecule has 8 N–H and O–H groups in total. The molecule has 0 spiro atoms. The molecular formula is C27H37N7O6. The number of carbonyl (C=O) groups excluding carboxylic acids is 3. The van der Waals surface area contributed by atoms with Gasteiger partial charge in [-0.25, -0.2) is 0 Å². The highest BCUT2D eigenvalue weighted by molar-refractivity contribution is 5.92. The topological polar surface area (TPSA) is 215 Å². The van der Waals surface area contributed by atoms with Crippen LogP contribution in [-0.2, 0) is 27.2 Å². The van der Waals surface area contributed by atoms with Gasteiger partial charge in [0.05, 0.1) is 11.0 Å². The van der Waals surface area contributed by atoms with Gasteiger partial charge in [0.2, 0.25) is 17.7 Å². The van der Waals surface area contributed by atoms with Crippen molar-refractivity contribution in [3.05, 3.63) is 75.8 Å². The molecule has 0 bridgehead atoms. The first-order valence-electron chi connectivity index (χ1n) is 12.9. The average Bonchev–Trinajstić information content (AvgIpc) is 2.89. The van der Waals surface area contributed by atoms with Crippen LogP contribution in [0.2, 0.25) is 0 Å². The Balaban J connectivity index is 2.12. The number of amides is 3. The molecule has 0 saturated carbocycles. The van der Waals surface area contributed by atoms with Crippen LogP contribution in [0.5, 0.6) is 0 Å². The summed E-state index contributed by atoms with van der Waals surface area (Å²) in [6.07, 6.45) is -0.345. The second kappa shape index (κ2) is 15.8. The van der Waals surface area contributed by atoms with Gasteiger partial charge in [0, 0.05) is 37.6 Å². The fraction of sp³-hybridized carbons (Fsp3) is 0.407. The van der Waals surface area contributed by atoms with Crippen LogP contribution in [0.15, 0.2) is 59.6 Å². The number of carbonyl (C=O) groups is 3. The molecule has 1 unspecified atom stereocenters. The number of aliphatic imine (C=N–C) groups is 1. The van der Waals surface area contributed by atoms with E-state index in [1.54, 1.807) is 0 Å². The highest BCUT2D eigenvalue weighted by Crippen LogP contribution is 2.14. The fourth-order valence-corrected chi connectivity index (χ4v) is 3.92. The van der Waals surface area contributed by atoms with Crippen LogP contribution in [0, 0.1) is 10.1 Å². The summed E-state index contributed by atoms with van der Waals surface area (Å²) >= 11 is 0. The highest BCUT2D eigenvalue weighted by atomic mass is 16.6. The summed E-state index contributed by atoms with van der Waals surface area (Å²) in [5.41, 5.74) is 12.0. The van der Waals surface area contributed by atoms with Crippen LogP contribution in [0.25, 0.3) is 0 Å². The Hall–Kier alpha value is -4.52. The van der Waals surface area contributed by atoms with Crippen LogP contribution in [-0.4, -0.2) is 64.5 Å². The largest absolute Gasteiger partial charge is 0.391 e. The second-order valence-corrected chi connectivity index (χ2v) is 9.48. The zero-order valence-electron chi connectivity index (χ0n) is 22.6. The standard InChI is InChI=1S/C27H37N7O6/c1-17(15-19-7-4-3-5-8-19)31-26(38)24(18(2)35)33-25(37)22(32-23(36)9-6-14-30-27(28)29)16-20-10-12-21(13-11-20)34(39)40/h3-5,7-8,10-13,17-18,22,24,35H,6,9,14-16H2,1-2H3,(H,31,38)(H,32,36)(H,33,37)(H4,28,29,30)/t17-,18?,22+,24+/m1/s1. The van der Waals surface area contributed by atoms with Gasteiger partial charge in [-0.15, -0.1) is 0 Å². The molecule has 3 amide bonds. The van der Waals surface area contributed by atoms with Gasteiger partial charge in [-0.05, 0) is 37.8 Å². The quantitative estimate of drug-likeness (QED) is 0.0589. The summed E-state index contributed by atoms with van der Waals surface area (Å²) in [6, 6.07) is 12.4. The summed E-state index contributed by atoms with van der Waals surface area (Å²) in [7, 11) is 0. The lowest BCUT2D eigenvalue weighted by Crippen LogP contribution is -2.58. The third-order valence-corrected chi connectivity index (χ3v) is 5.93. The van der Waals surface area contributed by atoms with Crippen molar-refractivity contribution in [1.29, 1.82) is 0 Å². The summed E-state index contributed by atoms with van der Waals surface area (Å²) in [5, 5.41) is 29.3. The molecule has 2 aromatic rings. The second-order valence-electron chi connectivity index (χ2n) is 9.48. The first-order chi connectivity index (χ1) is 19.0. The molecule has 13 nitrogen and oxygen atoms in total. The lowest BCUT2D eigenvalue weighted by atomic mass is 10.0. The van der Waals surface area contributed by atoms with Crippen molar-refractivity contribution >= 4 is 29.4 Å². The lowest BCUT2D eigenvalue weighted by molar-refractivity contribution is -0.384. The molecule has 0 saturated heterocycles. The Bertz CT molecular complexity index is 1170. The van der Waals surface area contributed by atoms with Crippen LogP contribution in [0.1, 0.15) is 37.8 Å². The Morgan fingerprint density at radius 2 is 1.55 bits per heavy atom. The molecule has 0 radical (unpaired) electrons. The van der Waals surface area contributed by atoms with Crippen molar-refractivity contribution in [3.63, 3.8) is 0 Å². The Labute approximate surface area is 232 Å². The molecule has 216 valence electrons. The maximum Gasteiger partial charge on any atom is 0.269 e. The van der Waals surface area contributed by atoms with E-state index in [1.807, 2.05) is 37.3 Å². The molecule has 40 heavy (non-hydrogen) atoms. The van der Waals surface area contributed by atoms with Crippen molar-refractivity contribution < 1.29 is 24.4 Å². The zero-order valence-corrected chi connectivity index (χ0v) is 22.6. The molecule has 13 heteroatoms. The van der Waals surface area contributed by atoms with Crippen LogP contribution in [0.3, 0.4) is 0 Å². The highest BCUT2D eigenvalue weighted by Gasteiger charge is 2.30. The number of aliphatic hydroxyl groups is 1. The number of non-ortho nitro benzene ring substituents is 1. The number of guanidine groups is 1. The molecule has 0 aliphatic rings. The van der Waals surface area contributed by atoms with E-state index in [9.17, 15) is 29.6 Å². The van der Waals surface area contributed by atoms with Crippen LogP contribution < -0.4 is 27.4 Å². The van der Waals surface area contributed by atoms with E-state index in [-0.39, 0.29) is 37.1 Å². The minimum Gasteiger partial charge on any atom is -0.391 e. The van der Waals surface area contributed by atoms with Crippen molar-refractivity contribution in [2.24, 2.45) is 16.5 Å². The Morgan fingerprint density at radius 1 is 0.925 bits per heavy atom. The number of nitrogens with zero attached hydrogens (tertiary/aromatic N) is 2. The van der Waals surface area contributed by atoms with E-state index in [0.717, 1.165) is 5.56 Å². The maximum absolute atomic E-state index is 13.3. The number of nitrogens with one attached hydrogen (secondary N) is 3. The number of rotatable bonds is 15. The molecule has 0 fully saturated rings. The summed E-state index contributed by atoms with van der Waals surface area (Å²) < 4.78 is 0. The van der Waals surface area contributed by atoms with Gasteiger partial charge in [0.15, 0.2) is 5.96 Å². The monoisotopic (exact) mass is 555 g/mol. The smallest absolute Gasteiger partial charge is 0.269 e. The van der Waals surface area contributed by atoms with E-state index in [1.165, 1.54) is 31.2 Å². The lowest BCUT2D eigenvalue weighted by Gasteiger charge is -2.26. The van der Waals surface area contributed by atoms with E-state index in [4.69, 9.17) is 11.5 Å². The van der Waals surface area contributed by atoms with Crippen molar-refractivity contribution in [2.75, 3.05) is 6.54 Å². The summed E-state index contributed by atoms with van der Waals surface area (Å²) in [4.78, 5) is 53.1. The zero-order chi connectivity index (χ0) is 29.7. The summed E-state index contributed by atoms with van der Waals surface area (Å²) in [5.74, 6) is -1.84. The summed E-state index contributed by atoms with van der Waals surface area (Å²) in [6.45, 7) is 3.41. The Kier molecular flexibility index (Phi) is 12.5. The fourth-order valence-electron chi connectivity index (χ4n) is 3.92. The SMILES string of the molecule is CC(O)[C@H](NC(=O)[C@H](Cc1ccc([N+](=O)[O-])cc1)NC(=O)CCCN=C(N)N)C(=O)N[C@H](C)Cc1ccccc1. The van der Waals surface area contributed by atoms with Crippen molar-refractivity contribution in [1.82, 2.24) is 16.0 Å². The van der Waals surface area contributed by atoms with Gasteiger partial charge < -0.3 is 32.5 Å². The molecule has 0 aliphatic heterocycles. The Morgan fingerprint density at radius 3 is 2.12 bits per heavy atom. The first kappa shape index (κ1) is 31.7. The van der Waals surface area contributed by atoms with E-state index in [2.05, 4.69) is 20.9 Å². The number of benzene rings is 2. The van der Waals surface area contributed by atoms with Gasteiger partial charge in [-0.1, -0.05) is 42.5 Å². The number of nitrogens with two attached hydrogens (primary N) is 2. The van der Waals surface area contributed by atoms with Gasteiger partial charge in [0.1, 0.15) is 12.1 Å². The molecule has 2 aromatic carbocycles. The minimum absolute atomic E-state index is 0.0119. The average molecular weight is 556 g/mol. The maximum atomic E-state index is 13.3. The van der Waals surface area contributed by atoms with Gasteiger partial charge in [-0.2, -0.15) is 0 Å². The molecule has 2 rings (SSSR count). The molecule has 0 heterocycles. The first-order valence-corrected chi connectivity index (χ1v) is 12.9. The number of nitro groups is 1. The third kappa shape index (κ3) is 11.1. The molecule has 4 atom stereocenters. The normalized spacial score (nSPS) is 13.7. The molecule has 0 aliphatic carbocycles. The van der Waals surface area contributed by atoms with E-state index >= 15 is 0 Å². The number of hydrogen-bond acceptors (Lipinski definition) is 7. The molecule has 0 aromatic heterocycles. The van der Waals surface area contributed by atoms with Gasteiger partial charge >= 0.3 is 0 Å². The number of aliphatic hydroxyl groups excluding tert-OH is 1. The van der Waals surface area contributed by atoms with Gasteiger partial charge in [-0.3, -0.25) is 29.5 Å². The molecular weight excluding hydrogens is 518 g/mol. The van der Waals surface area contributed by atoms with E-state index in [0.29, 0.717) is 18.4 Å². The number of nitro benzene ring substituents is 1. The van der Waals surface area contributed by atoms with E-state index < -0.39 is 40.8 Å². The third-order valence-electron chi connectivity index (χ3n) is 5.93. The van der Waals surface area contributed by atoms with Crippen molar-refractivity contribution in [2.45, 2.75) is 63.8 Å². The van der Waals surface area contributed by atoms with Gasteiger partial charge in [0.25, 0.3) is 5.69 Å². The van der Waals surface area contributed by atoms with Crippen molar-refractivity contribution in [3.8, 4) is 0 Å². The van der Waals surface area contributed by atoms with Crippen LogP contribution >= 0.6 is 0 Å². The predicted octanol–water partition coefficient (Wildman–Crippen LogP) is 0.289. The number of hydrogen-bond donors (Lipinski definition) is 6. The predicted molar refractivity (Wildman–Crippen MR) is 150 cm³/mol. The minimum atomic E-state index is -1.29.